The lowest BCUT2D eigenvalue weighted by molar-refractivity contribution is -0.108. The predicted molar refractivity (Wildman–Crippen MR) is 62.4 cm³/mol. The molecule has 140 valence electrons. The van der Waals surface area contributed by atoms with Crippen LogP contribution >= 0.6 is 0 Å². The molecule has 7 nitrogen and oxygen atoms in total. The lowest BCUT2D eigenvalue weighted by atomic mass is 10.7. The smallest absolute Gasteiger partial charge is 0.377 e. The highest BCUT2D eigenvalue weighted by Gasteiger charge is 2.36. The van der Waals surface area contributed by atoms with Gasteiger partial charge in [-0.2, -0.15) is 43.2 Å². The fourth-order valence-corrected chi connectivity index (χ4v) is 2.64. The van der Waals surface area contributed by atoms with Crippen LogP contribution < -0.4 is 0 Å². The Morgan fingerprint density at radius 2 is 0.913 bits per heavy atom. The highest BCUT2D eigenvalue weighted by atomic mass is 32.2. The van der Waals surface area contributed by atoms with Crippen LogP contribution in [0.25, 0.3) is 0 Å². The largest absolute Gasteiger partial charge is 0.405 e. The van der Waals surface area contributed by atoms with Gasteiger partial charge in [0.05, 0.1) is 26.4 Å². The Morgan fingerprint density at radius 3 is 1.17 bits per heavy atom. The minimum atomic E-state index is -4.97. The Bertz CT molecular complexity index is 500. The maximum Gasteiger partial charge on any atom is 0.405 e. The van der Waals surface area contributed by atoms with Gasteiger partial charge in [-0.25, -0.2) is 0 Å². The zero-order valence-corrected chi connectivity index (χ0v) is 12.8. The molecule has 15 heteroatoms. The van der Waals surface area contributed by atoms with E-state index in [2.05, 4.69) is 13.1 Å². The van der Waals surface area contributed by atoms with Crippen molar-refractivity contribution < 1.29 is 56.3 Å². The molecule has 0 saturated carbocycles. The normalized spacial score (nSPS) is 14.2. The number of alkyl halides is 6. The van der Waals surface area contributed by atoms with Crippen LogP contribution in [0.3, 0.4) is 0 Å². The van der Waals surface area contributed by atoms with Gasteiger partial charge >= 0.3 is 12.4 Å². The van der Waals surface area contributed by atoms with Gasteiger partial charge in [-0.05, 0) is 0 Å². The van der Waals surface area contributed by atoms with Crippen LogP contribution in [0.2, 0.25) is 0 Å². The summed E-state index contributed by atoms with van der Waals surface area (Å²) in [5.41, 5.74) is 0. The number of hydrogen-bond donors (Lipinski definition) is 0. The van der Waals surface area contributed by atoms with Crippen LogP contribution in [0.5, 0.6) is 0 Å². The molecule has 0 amide bonds. The molecular weight excluding hydrogens is 386 g/mol. The number of ether oxygens (including phenoxy) is 1. The van der Waals surface area contributed by atoms with Gasteiger partial charge in [0.1, 0.15) is 0 Å². The van der Waals surface area contributed by atoms with Gasteiger partial charge in [0.25, 0.3) is 20.2 Å². The first kappa shape index (κ1) is 22.4. The van der Waals surface area contributed by atoms with E-state index in [0.29, 0.717) is 0 Å². The van der Waals surface area contributed by atoms with E-state index >= 15 is 0 Å². The molecule has 0 saturated heterocycles. The Kier molecular flexibility index (Phi) is 8.22. The Balaban J connectivity index is 3.87. The second kappa shape index (κ2) is 8.46. The molecular formula is C8H12F6O7S2. The van der Waals surface area contributed by atoms with E-state index in [4.69, 9.17) is 0 Å². The average molecular weight is 398 g/mol. The molecule has 0 aromatic rings. The molecule has 0 heterocycles. The summed E-state index contributed by atoms with van der Waals surface area (Å²) in [4.78, 5) is 0. The van der Waals surface area contributed by atoms with Gasteiger partial charge < -0.3 is 4.74 Å². The van der Waals surface area contributed by atoms with Crippen LogP contribution in [-0.4, -0.2) is 67.1 Å². The van der Waals surface area contributed by atoms with Gasteiger partial charge in [-0.3, -0.25) is 8.37 Å². The van der Waals surface area contributed by atoms with Crippen LogP contribution in [0.1, 0.15) is 0 Å². The molecule has 0 radical (unpaired) electrons. The third-order valence-corrected chi connectivity index (χ3v) is 4.08. The van der Waals surface area contributed by atoms with E-state index in [1.54, 1.807) is 0 Å². The second-order valence-electron chi connectivity index (χ2n) is 3.89. The van der Waals surface area contributed by atoms with Crippen molar-refractivity contribution in [2.24, 2.45) is 0 Å². The van der Waals surface area contributed by atoms with E-state index in [-0.39, 0.29) is 0 Å². The fourth-order valence-electron chi connectivity index (χ4n) is 1.03. The number of halogens is 6. The number of hydrogen-bond acceptors (Lipinski definition) is 7. The van der Waals surface area contributed by atoms with Crippen molar-refractivity contribution in [2.75, 3.05) is 37.9 Å². The first-order valence-corrected chi connectivity index (χ1v) is 8.73. The zero-order chi connectivity index (χ0) is 18.4. The molecule has 0 aromatic carbocycles. The van der Waals surface area contributed by atoms with Gasteiger partial charge in [0.2, 0.25) is 0 Å². The summed E-state index contributed by atoms with van der Waals surface area (Å²) in [6, 6.07) is 0. The zero-order valence-electron chi connectivity index (χ0n) is 11.2. The topological polar surface area (TPSA) is 96.0 Å². The third-order valence-electron chi connectivity index (χ3n) is 1.66. The number of rotatable bonds is 10. The van der Waals surface area contributed by atoms with Crippen molar-refractivity contribution in [2.45, 2.75) is 12.4 Å². The summed E-state index contributed by atoms with van der Waals surface area (Å²) in [7, 11) is -9.67. The highest BCUT2D eigenvalue weighted by molar-refractivity contribution is 7.87. The average Bonchev–Trinajstić information content (AvgIpc) is 2.20. The van der Waals surface area contributed by atoms with Crippen molar-refractivity contribution in [3.05, 3.63) is 0 Å². The van der Waals surface area contributed by atoms with E-state index in [1.165, 1.54) is 0 Å². The summed E-state index contributed by atoms with van der Waals surface area (Å²) in [6.45, 7) is -2.65. The minimum absolute atomic E-state index is 0.542. The van der Waals surface area contributed by atoms with Crippen LogP contribution in [0.4, 0.5) is 26.3 Å². The molecule has 0 aliphatic heterocycles. The maximum atomic E-state index is 11.8. The second-order valence-corrected chi connectivity index (χ2v) is 7.17. The quantitative estimate of drug-likeness (QED) is 0.305. The molecule has 0 atom stereocenters. The summed E-state index contributed by atoms with van der Waals surface area (Å²) < 4.78 is 126. The van der Waals surface area contributed by atoms with E-state index in [0.717, 1.165) is 0 Å². The SMILES string of the molecule is O=S(=O)(CC(F)(F)F)OCCOCCOS(=O)(=O)CC(F)(F)F. The van der Waals surface area contributed by atoms with Gasteiger partial charge in [-0.1, -0.05) is 0 Å². The molecule has 0 fully saturated rings. The molecule has 23 heavy (non-hydrogen) atoms. The van der Waals surface area contributed by atoms with Crippen molar-refractivity contribution in [3.63, 3.8) is 0 Å². The van der Waals surface area contributed by atoms with E-state index in [1.807, 2.05) is 0 Å². The van der Waals surface area contributed by atoms with Crippen LogP contribution in [-0.2, 0) is 33.3 Å². The predicted octanol–water partition coefficient (Wildman–Crippen LogP) is 0.820. The third kappa shape index (κ3) is 14.7. The maximum absolute atomic E-state index is 11.8. The van der Waals surface area contributed by atoms with Crippen molar-refractivity contribution in [1.29, 1.82) is 0 Å². The standard InChI is InChI=1S/C8H12F6O7S2/c9-7(10,11)5-22(15,16)20-3-1-19-2-4-21-23(17,18)6-8(12,13)14/h1-6H2. The Labute approximate surface area is 127 Å². The highest BCUT2D eigenvalue weighted by Crippen LogP contribution is 2.18. The molecule has 0 rings (SSSR count). The van der Waals surface area contributed by atoms with Crippen molar-refractivity contribution >= 4 is 20.2 Å². The summed E-state index contributed by atoms with van der Waals surface area (Å²) in [5.74, 6) is -4.36. The summed E-state index contributed by atoms with van der Waals surface area (Å²) in [5, 5.41) is 0. The molecule has 0 N–H and O–H groups in total. The molecule has 0 spiro atoms. The molecule has 0 aromatic heterocycles. The first-order chi connectivity index (χ1) is 10.1. The van der Waals surface area contributed by atoms with Crippen molar-refractivity contribution in [1.82, 2.24) is 0 Å². The minimum Gasteiger partial charge on any atom is -0.377 e. The fraction of sp³-hybridized carbons (Fsp3) is 1.00. The lowest BCUT2D eigenvalue weighted by Crippen LogP contribution is -2.26. The summed E-state index contributed by atoms with van der Waals surface area (Å²) >= 11 is 0. The van der Waals surface area contributed by atoms with E-state index in [9.17, 15) is 43.2 Å². The monoisotopic (exact) mass is 398 g/mol. The van der Waals surface area contributed by atoms with Crippen LogP contribution in [0.15, 0.2) is 0 Å². The van der Waals surface area contributed by atoms with Gasteiger partial charge in [0.15, 0.2) is 11.5 Å². The Hall–Kier alpha value is -0.640. The molecule has 0 bridgehead atoms. The lowest BCUT2D eigenvalue weighted by Gasteiger charge is -2.09. The van der Waals surface area contributed by atoms with E-state index < -0.39 is 70.5 Å². The summed E-state index contributed by atoms with van der Waals surface area (Å²) in [6.07, 6.45) is -9.94. The molecule has 0 aliphatic rings. The van der Waals surface area contributed by atoms with Crippen LogP contribution in [0, 0.1) is 0 Å². The molecule has 0 unspecified atom stereocenters. The van der Waals surface area contributed by atoms with Gasteiger partial charge in [-0.15, -0.1) is 0 Å². The van der Waals surface area contributed by atoms with Crippen molar-refractivity contribution in [3.8, 4) is 0 Å². The first-order valence-electron chi connectivity index (χ1n) is 5.57. The molecule has 0 aliphatic carbocycles. The Morgan fingerprint density at radius 1 is 0.609 bits per heavy atom. The van der Waals surface area contributed by atoms with Gasteiger partial charge in [0, 0.05) is 0 Å².